The van der Waals surface area contributed by atoms with Crippen LogP contribution >= 0.6 is 0 Å². The average molecular weight is 355 g/mol. The number of rotatable bonds is 3. The van der Waals surface area contributed by atoms with E-state index in [9.17, 15) is 19.2 Å². The van der Waals surface area contributed by atoms with Gasteiger partial charge in [-0.2, -0.15) is 0 Å². The van der Waals surface area contributed by atoms with E-state index in [0.717, 1.165) is 24.8 Å². The molecule has 2 aliphatic heterocycles. The van der Waals surface area contributed by atoms with Crippen molar-refractivity contribution in [3.05, 3.63) is 34.9 Å². The SMILES string of the molecule is CC1(C2CCC2)c2cc(C(N)=O)ccc2C(=O)N1C1CCC(=O)NC1=O. The Morgan fingerprint density at radius 1 is 1.23 bits per heavy atom. The van der Waals surface area contributed by atoms with Crippen LogP contribution < -0.4 is 11.1 Å². The smallest absolute Gasteiger partial charge is 0.255 e. The summed E-state index contributed by atoms with van der Waals surface area (Å²) in [5, 5.41) is 2.35. The molecule has 26 heavy (non-hydrogen) atoms. The maximum Gasteiger partial charge on any atom is 0.255 e. The van der Waals surface area contributed by atoms with Gasteiger partial charge in [0, 0.05) is 17.5 Å². The van der Waals surface area contributed by atoms with Crippen LogP contribution in [0.15, 0.2) is 18.2 Å². The van der Waals surface area contributed by atoms with Crippen molar-refractivity contribution >= 4 is 23.6 Å². The second-order valence-electron chi connectivity index (χ2n) is 7.54. The number of amides is 4. The van der Waals surface area contributed by atoms with Crippen molar-refractivity contribution in [2.75, 3.05) is 0 Å². The second kappa shape index (κ2) is 5.65. The molecule has 4 amide bonds. The molecule has 0 radical (unpaired) electrons. The van der Waals surface area contributed by atoms with Crippen LogP contribution in [0.3, 0.4) is 0 Å². The first kappa shape index (κ1) is 16.8. The van der Waals surface area contributed by atoms with Crippen LogP contribution in [0.1, 0.15) is 65.3 Å². The molecule has 1 aliphatic carbocycles. The standard InChI is InChI=1S/C19H21N3O4/c1-19(11-3-2-4-11)13-9-10(16(20)24)5-6-12(13)18(26)22(19)14-7-8-15(23)21-17(14)25/h5-6,9,11,14H,2-4,7-8H2,1H3,(H2,20,24)(H,21,23,25). The molecule has 2 fully saturated rings. The maximum atomic E-state index is 13.2. The minimum Gasteiger partial charge on any atom is -0.366 e. The Kier molecular flexibility index (Phi) is 3.64. The van der Waals surface area contributed by atoms with E-state index in [1.165, 1.54) is 0 Å². The van der Waals surface area contributed by atoms with Gasteiger partial charge in [-0.15, -0.1) is 0 Å². The van der Waals surface area contributed by atoms with E-state index in [0.29, 0.717) is 17.5 Å². The van der Waals surface area contributed by atoms with E-state index in [1.54, 1.807) is 23.1 Å². The lowest BCUT2D eigenvalue weighted by Crippen LogP contribution is -2.60. The van der Waals surface area contributed by atoms with E-state index >= 15 is 0 Å². The van der Waals surface area contributed by atoms with E-state index in [-0.39, 0.29) is 24.2 Å². The summed E-state index contributed by atoms with van der Waals surface area (Å²) >= 11 is 0. The van der Waals surface area contributed by atoms with E-state index in [2.05, 4.69) is 5.32 Å². The number of hydrogen-bond donors (Lipinski definition) is 2. The lowest BCUT2D eigenvalue weighted by molar-refractivity contribution is -0.139. The summed E-state index contributed by atoms with van der Waals surface area (Å²) in [5.41, 5.74) is 6.37. The fourth-order valence-electron chi connectivity index (χ4n) is 4.55. The average Bonchev–Trinajstić information content (AvgIpc) is 2.74. The Hall–Kier alpha value is -2.70. The summed E-state index contributed by atoms with van der Waals surface area (Å²) in [4.78, 5) is 50.5. The molecular formula is C19H21N3O4. The zero-order valence-corrected chi connectivity index (χ0v) is 14.6. The number of carbonyl (C=O) groups excluding carboxylic acids is 4. The number of nitrogens with one attached hydrogen (secondary N) is 1. The summed E-state index contributed by atoms with van der Waals surface area (Å²) in [7, 11) is 0. The van der Waals surface area contributed by atoms with Gasteiger partial charge < -0.3 is 10.6 Å². The van der Waals surface area contributed by atoms with Crippen molar-refractivity contribution in [3.8, 4) is 0 Å². The lowest BCUT2D eigenvalue weighted by Gasteiger charge is -2.49. The number of hydrogen-bond acceptors (Lipinski definition) is 4. The number of nitrogens with zero attached hydrogens (tertiary/aromatic N) is 1. The summed E-state index contributed by atoms with van der Waals surface area (Å²) in [5.74, 6) is -1.29. The van der Waals surface area contributed by atoms with Crippen molar-refractivity contribution in [2.24, 2.45) is 11.7 Å². The Bertz CT molecular complexity index is 845. The van der Waals surface area contributed by atoms with Crippen LogP contribution in [0.2, 0.25) is 0 Å². The highest BCUT2D eigenvalue weighted by atomic mass is 16.2. The van der Waals surface area contributed by atoms with Crippen LogP contribution in [0.4, 0.5) is 0 Å². The van der Waals surface area contributed by atoms with Crippen LogP contribution in [-0.2, 0) is 15.1 Å². The molecule has 2 heterocycles. The van der Waals surface area contributed by atoms with Gasteiger partial charge in [-0.3, -0.25) is 24.5 Å². The molecule has 3 aliphatic rings. The summed E-state index contributed by atoms with van der Waals surface area (Å²) in [6.45, 7) is 1.97. The molecule has 7 heteroatoms. The van der Waals surface area contributed by atoms with E-state index in [1.807, 2.05) is 6.92 Å². The topological polar surface area (TPSA) is 110 Å². The third-order valence-corrected chi connectivity index (χ3v) is 6.22. The maximum absolute atomic E-state index is 13.2. The van der Waals surface area contributed by atoms with Gasteiger partial charge in [-0.25, -0.2) is 0 Å². The molecule has 1 saturated carbocycles. The molecule has 1 saturated heterocycles. The minimum atomic E-state index is -0.685. The number of benzene rings is 1. The summed E-state index contributed by atoms with van der Waals surface area (Å²) in [6.07, 6.45) is 3.50. The Balaban J connectivity index is 1.83. The van der Waals surface area contributed by atoms with Crippen molar-refractivity contribution in [1.82, 2.24) is 10.2 Å². The van der Waals surface area contributed by atoms with Crippen molar-refractivity contribution < 1.29 is 19.2 Å². The van der Waals surface area contributed by atoms with Gasteiger partial charge in [0.25, 0.3) is 5.91 Å². The first-order chi connectivity index (χ1) is 12.3. The molecule has 3 N–H and O–H groups in total. The predicted octanol–water partition coefficient (Wildman–Crippen LogP) is 1.06. The highest BCUT2D eigenvalue weighted by molar-refractivity contribution is 6.07. The van der Waals surface area contributed by atoms with Crippen LogP contribution in [0.5, 0.6) is 0 Å². The van der Waals surface area contributed by atoms with Crippen LogP contribution in [-0.4, -0.2) is 34.6 Å². The predicted molar refractivity (Wildman–Crippen MR) is 92.0 cm³/mol. The van der Waals surface area contributed by atoms with Crippen LogP contribution in [0, 0.1) is 5.92 Å². The molecule has 2 atom stereocenters. The minimum absolute atomic E-state index is 0.209. The number of primary amides is 1. The molecule has 0 spiro atoms. The highest BCUT2D eigenvalue weighted by Gasteiger charge is 2.56. The monoisotopic (exact) mass is 355 g/mol. The number of piperidine rings is 1. The third-order valence-electron chi connectivity index (χ3n) is 6.22. The zero-order valence-electron chi connectivity index (χ0n) is 14.6. The molecular weight excluding hydrogens is 334 g/mol. The molecule has 2 unspecified atom stereocenters. The number of fused-ring (bicyclic) bond motifs is 1. The molecule has 4 rings (SSSR count). The Morgan fingerprint density at radius 3 is 2.54 bits per heavy atom. The fourth-order valence-corrected chi connectivity index (χ4v) is 4.55. The summed E-state index contributed by atoms with van der Waals surface area (Å²) in [6, 6.07) is 4.18. The van der Waals surface area contributed by atoms with Crippen molar-refractivity contribution in [1.29, 1.82) is 0 Å². The van der Waals surface area contributed by atoms with Gasteiger partial charge in [-0.1, -0.05) is 6.42 Å². The molecule has 0 aromatic heterocycles. The van der Waals surface area contributed by atoms with Crippen molar-refractivity contribution in [2.45, 2.75) is 50.6 Å². The van der Waals surface area contributed by atoms with Gasteiger partial charge in [0.05, 0.1) is 5.54 Å². The number of nitrogens with two attached hydrogens (primary N) is 1. The Labute approximate surface area is 150 Å². The number of carbonyl (C=O) groups is 4. The van der Waals surface area contributed by atoms with Crippen LogP contribution in [0.25, 0.3) is 0 Å². The third kappa shape index (κ3) is 2.19. The zero-order chi connectivity index (χ0) is 18.6. The Morgan fingerprint density at radius 2 is 1.96 bits per heavy atom. The van der Waals surface area contributed by atoms with E-state index < -0.39 is 23.4 Å². The van der Waals surface area contributed by atoms with Crippen molar-refractivity contribution in [3.63, 3.8) is 0 Å². The fraction of sp³-hybridized carbons (Fsp3) is 0.474. The van der Waals surface area contributed by atoms with E-state index in [4.69, 9.17) is 5.73 Å². The van der Waals surface area contributed by atoms with Gasteiger partial charge >= 0.3 is 0 Å². The van der Waals surface area contributed by atoms with Gasteiger partial charge in [0.2, 0.25) is 17.7 Å². The number of imide groups is 1. The van der Waals surface area contributed by atoms with Gasteiger partial charge in [-0.05, 0) is 55.9 Å². The first-order valence-corrected chi connectivity index (χ1v) is 8.95. The summed E-state index contributed by atoms with van der Waals surface area (Å²) < 4.78 is 0. The molecule has 136 valence electrons. The van der Waals surface area contributed by atoms with Gasteiger partial charge in [0.15, 0.2) is 0 Å². The first-order valence-electron chi connectivity index (χ1n) is 8.95. The molecule has 1 aromatic carbocycles. The highest BCUT2D eigenvalue weighted by Crippen LogP contribution is 2.52. The molecule has 7 nitrogen and oxygen atoms in total. The molecule has 0 bridgehead atoms. The van der Waals surface area contributed by atoms with Gasteiger partial charge in [0.1, 0.15) is 6.04 Å². The molecule has 1 aromatic rings. The normalized spacial score (nSPS) is 28.6. The second-order valence-corrected chi connectivity index (χ2v) is 7.54. The quantitative estimate of drug-likeness (QED) is 0.790. The lowest BCUT2D eigenvalue weighted by atomic mass is 9.68. The largest absolute Gasteiger partial charge is 0.366 e.